The van der Waals surface area contributed by atoms with Crippen LogP contribution in [0, 0.1) is 0 Å². The van der Waals surface area contributed by atoms with E-state index < -0.39 is 0 Å². The van der Waals surface area contributed by atoms with E-state index in [1.807, 2.05) is 59.0 Å². The van der Waals surface area contributed by atoms with Gasteiger partial charge in [-0.25, -0.2) is 0 Å². The Morgan fingerprint density at radius 2 is 1.80 bits per heavy atom. The topological polar surface area (TPSA) is 38.1 Å². The average Bonchev–Trinajstić information content (AvgIpc) is 3.29. The van der Waals surface area contributed by atoms with Crippen molar-refractivity contribution >= 4 is 5.91 Å². The molecule has 0 saturated carbocycles. The van der Waals surface area contributed by atoms with E-state index in [-0.39, 0.29) is 11.9 Å². The summed E-state index contributed by atoms with van der Waals surface area (Å²) in [6.07, 6.45) is 5.64. The summed E-state index contributed by atoms with van der Waals surface area (Å²) in [5, 5.41) is 0. The van der Waals surface area contributed by atoms with Crippen LogP contribution in [-0.4, -0.2) is 26.9 Å². The normalized spacial score (nSPS) is 17.0. The lowest BCUT2D eigenvalue weighted by molar-refractivity contribution is 0.0726. The monoisotopic (exact) mass is 331 g/mol. The summed E-state index contributed by atoms with van der Waals surface area (Å²) in [6.45, 7) is 0.803. The van der Waals surface area contributed by atoms with Crippen molar-refractivity contribution in [3.8, 4) is 11.3 Å². The fourth-order valence-electron chi connectivity index (χ4n) is 3.71. The number of rotatable bonds is 3. The molecule has 4 rings (SSSR count). The molecular formula is C21H21N3O. The van der Waals surface area contributed by atoms with Crippen molar-refractivity contribution in [2.75, 3.05) is 6.54 Å². The Balaban J connectivity index is 1.64. The lowest BCUT2D eigenvalue weighted by Gasteiger charge is -2.25. The van der Waals surface area contributed by atoms with Crippen LogP contribution in [-0.2, 0) is 7.05 Å². The van der Waals surface area contributed by atoms with Gasteiger partial charge < -0.3 is 9.47 Å². The summed E-state index contributed by atoms with van der Waals surface area (Å²) >= 11 is 0. The van der Waals surface area contributed by atoms with E-state index in [2.05, 4.69) is 17.1 Å². The minimum atomic E-state index is 0.101. The minimum absolute atomic E-state index is 0.101. The van der Waals surface area contributed by atoms with Crippen LogP contribution in [0.2, 0.25) is 0 Å². The lowest BCUT2D eigenvalue weighted by atomic mass is 10.1. The van der Waals surface area contributed by atoms with Gasteiger partial charge in [-0.05, 0) is 48.2 Å². The summed E-state index contributed by atoms with van der Waals surface area (Å²) in [5.41, 5.74) is 4.08. The van der Waals surface area contributed by atoms with Crippen molar-refractivity contribution in [1.82, 2.24) is 14.5 Å². The highest BCUT2D eigenvalue weighted by molar-refractivity contribution is 5.94. The van der Waals surface area contributed by atoms with Gasteiger partial charge in [0, 0.05) is 31.7 Å². The zero-order valence-corrected chi connectivity index (χ0v) is 14.3. The first-order valence-corrected chi connectivity index (χ1v) is 8.68. The molecule has 126 valence electrons. The zero-order valence-electron chi connectivity index (χ0n) is 14.3. The van der Waals surface area contributed by atoms with E-state index in [4.69, 9.17) is 0 Å². The second-order valence-corrected chi connectivity index (χ2v) is 6.47. The predicted octanol–water partition coefficient (Wildman–Crippen LogP) is 4.06. The van der Waals surface area contributed by atoms with Crippen LogP contribution in [0.15, 0.2) is 67.0 Å². The molecule has 3 aromatic rings. The van der Waals surface area contributed by atoms with E-state index in [1.165, 1.54) is 5.56 Å². The molecular weight excluding hydrogens is 310 g/mol. The molecule has 1 aliphatic heterocycles. The molecule has 0 N–H and O–H groups in total. The second kappa shape index (κ2) is 6.55. The van der Waals surface area contributed by atoms with Crippen LogP contribution in [0.25, 0.3) is 11.3 Å². The number of nitrogens with zero attached hydrogens (tertiary/aromatic N) is 3. The summed E-state index contributed by atoms with van der Waals surface area (Å²) in [5.74, 6) is 0.101. The maximum absolute atomic E-state index is 13.2. The number of hydrogen-bond acceptors (Lipinski definition) is 2. The molecule has 0 bridgehead atoms. The summed E-state index contributed by atoms with van der Waals surface area (Å²) < 4.78 is 2.00. The van der Waals surface area contributed by atoms with Gasteiger partial charge >= 0.3 is 0 Å². The molecule has 0 radical (unpaired) electrons. The number of carbonyl (C=O) groups excluding carboxylic acids is 1. The van der Waals surface area contributed by atoms with E-state index >= 15 is 0 Å². The molecule has 4 nitrogen and oxygen atoms in total. The van der Waals surface area contributed by atoms with Gasteiger partial charge in [0.15, 0.2) is 0 Å². The Bertz CT molecular complexity index is 871. The van der Waals surface area contributed by atoms with Crippen molar-refractivity contribution in [2.45, 2.75) is 18.9 Å². The molecule has 1 aliphatic rings. The van der Waals surface area contributed by atoms with Crippen molar-refractivity contribution in [3.63, 3.8) is 0 Å². The van der Waals surface area contributed by atoms with Gasteiger partial charge in [0.25, 0.3) is 5.91 Å². The maximum atomic E-state index is 13.2. The first-order chi connectivity index (χ1) is 12.3. The molecule has 1 amide bonds. The average molecular weight is 331 g/mol. The van der Waals surface area contributed by atoms with Crippen molar-refractivity contribution < 1.29 is 4.79 Å². The maximum Gasteiger partial charge on any atom is 0.270 e. The number of aromatic nitrogens is 2. The van der Waals surface area contributed by atoms with Crippen LogP contribution in [0.1, 0.15) is 34.9 Å². The van der Waals surface area contributed by atoms with Crippen LogP contribution < -0.4 is 0 Å². The summed E-state index contributed by atoms with van der Waals surface area (Å²) in [4.78, 5) is 19.3. The first kappa shape index (κ1) is 15.6. The third-order valence-corrected chi connectivity index (χ3v) is 5.01. The Morgan fingerprint density at radius 3 is 2.56 bits per heavy atom. The molecule has 1 aromatic carbocycles. The third-order valence-electron chi connectivity index (χ3n) is 5.01. The molecule has 1 fully saturated rings. The summed E-state index contributed by atoms with van der Waals surface area (Å²) in [7, 11) is 1.97. The number of pyridine rings is 1. The third kappa shape index (κ3) is 2.84. The van der Waals surface area contributed by atoms with Gasteiger partial charge in [0.1, 0.15) is 5.69 Å². The van der Waals surface area contributed by atoms with Crippen LogP contribution >= 0.6 is 0 Å². The van der Waals surface area contributed by atoms with Gasteiger partial charge in [-0.1, -0.05) is 30.3 Å². The fourth-order valence-corrected chi connectivity index (χ4v) is 3.71. The second-order valence-electron chi connectivity index (χ2n) is 6.47. The van der Waals surface area contributed by atoms with Crippen LogP contribution in [0.3, 0.4) is 0 Å². The number of benzene rings is 1. The Labute approximate surface area is 147 Å². The molecule has 1 saturated heterocycles. The highest BCUT2D eigenvalue weighted by Gasteiger charge is 2.31. The Kier molecular flexibility index (Phi) is 4.10. The number of carbonyl (C=O) groups is 1. The Hall–Kier alpha value is -2.88. The largest absolute Gasteiger partial charge is 0.340 e. The molecule has 1 atom stereocenters. The van der Waals surface area contributed by atoms with E-state index in [0.29, 0.717) is 0 Å². The predicted molar refractivity (Wildman–Crippen MR) is 98.1 cm³/mol. The Morgan fingerprint density at radius 1 is 1.04 bits per heavy atom. The molecule has 3 heterocycles. The van der Waals surface area contributed by atoms with Gasteiger partial charge in [-0.2, -0.15) is 0 Å². The van der Waals surface area contributed by atoms with E-state index in [0.717, 1.165) is 36.3 Å². The molecule has 25 heavy (non-hydrogen) atoms. The molecule has 0 aliphatic carbocycles. The van der Waals surface area contributed by atoms with Crippen molar-refractivity contribution in [2.24, 2.45) is 7.05 Å². The van der Waals surface area contributed by atoms with Gasteiger partial charge in [-0.15, -0.1) is 0 Å². The molecule has 0 spiro atoms. The lowest BCUT2D eigenvalue weighted by Crippen LogP contribution is -2.31. The smallest absolute Gasteiger partial charge is 0.270 e. The van der Waals surface area contributed by atoms with Crippen molar-refractivity contribution in [1.29, 1.82) is 0 Å². The molecule has 4 heteroatoms. The van der Waals surface area contributed by atoms with E-state index in [9.17, 15) is 4.79 Å². The highest BCUT2D eigenvalue weighted by atomic mass is 16.2. The number of amides is 1. The van der Waals surface area contributed by atoms with Gasteiger partial charge in [0.05, 0.1) is 6.04 Å². The number of likely N-dealkylation sites (tertiary alicyclic amines) is 1. The minimum Gasteiger partial charge on any atom is -0.340 e. The van der Waals surface area contributed by atoms with Crippen LogP contribution in [0.4, 0.5) is 0 Å². The quantitative estimate of drug-likeness (QED) is 0.726. The molecule has 2 aromatic heterocycles. The SMILES string of the molecule is Cn1c(C(=O)N2CCC[C@@H]2c2ccncc2)ccc1-c1ccccc1. The highest BCUT2D eigenvalue weighted by Crippen LogP contribution is 2.33. The summed E-state index contributed by atoms with van der Waals surface area (Å²) in [6, 6.07) is 18.3. The van der Waals surface area contributed by atoms with Gasteiger partial charge in [0.2, 0.25) is 0 Å². The standard InChI is InChI=1S/C21H21N3O/c1-23-18(16-6-3-2-4-7-16)9-10-20(23)21(25)24-15-5-8-19(24)17-11-13-22-14-12-17/h2-4,6-7,9-14,19H,5,8,15H2,1H3/t19-/m1/s1. The first-order valence-electron chi connectivity index (χ1n) is 8.68. The van der Waals surface area contributed by atoms with Crippen LogP contribution in [0.5, 0.6) is 0 Å². The number of hydrogen-bond donors (Lipinski definition) is 0. The van der Waals surface area contributed by atoms with Gasteiger partial charge in [-0.3, -0.25) is 9.78 Å². The van der Waals surface area contributed by atoms with E-state index in [1.54, 1.807) is 12.4 Å². The molecule has 0 unspecified atom stereocenters. The fraction of sp³-hybridized carbons (Fsp3) is 0.238. The van der Waals surface area contributed by atoms with Crippen molar-refractivity contribution in [3.05, 3.63) is 78.2 Å². The zero-order chi connectivity index (χ0) is 17.2.